The van der Waals surface area contributed by atoms with Crippen LogP contribution in [0.3, 0.4) is 0 Å². The van der Waals surface area contributed by atoms with Crippen LogP contribution in [0.4, 0.5) is 0 Å². The molecule has 1 aromatic heterocycles. The summed E-state index contributed by atoms with van der Waals surface area (Å²) >= 11 is 1.55. The van der Waals surface area contributed by atoms with Gasteiger partial charge < -0.3 is 11.1 Å². The largest absolute Gasteiger partial charge is 0.350 e. The Morgan fingerprint density at radius 2 is 2.18 bits per heavy atom. The number of halogens is 2. The minimum atomic E-state index is -0.320. The molecule has 1 amide bonds. The van der Waals surface area contributed by atoms with Gasteiger partial charge in [0.15, 0.2) is 0 Å². The van der Waals surface area contributed by atoms with Gasteiger partial charge in [0.05, 0.1) is 11.2 Å². The van der Waals surface area contributed by atoms with E-state index in [1.165, 1.54) is 0 Å². The predicted octanol–water partition coefficient (Wildman–Crippen LogP) is 1.77. The molecule has 0 aliphatic rings. The molecule has 0 aromatic carbocycles. The highest BCUT2D eigenvalue weighted by atomic mass is 35.5. The van der Waals surface area contributed by atoms with Crippen molar-refractivity contribution in [3.05, 3.63) is 16.6 Å². The highest BCUT2D eigenvalue weighted by Crippen LogP contribution is 2.05. The Morgan fingerprint density at radius 3 is 2.65 bits per heavy atom. The zero-order valence-electron chi connectivity index (χ0n) is 9.93. The maximum atomic E-state index is 11.5. The van der Waals surface area contributed by atoms with E-state index in [0.29, 0.717) is 19.4 Å². The summed E-state index contributed by atoms with van der Waals surface area (Å²) in [6, 6.07) is 0. The van der Waals surface area contributed by atoms with Crippen LogP contribution in [0.5, 0.6) is 0 Å². The Morgan fingerprint density at radius 1 is 1.53 bits per heavy atom. The lowest BCUT2D eigenvalue weighted by Gasteiger charge is -2.24. The van der Waals surface area contributed by atoms with Crippen LogP contribution in [0.2, 0.25) is 0 Å². The standard InChI is InChI=1S/C10H17N3OS.2ClH/c1-10(2,6-11)13-9(14)4-3-8-5-15-7-12-8;;/h5,7H,3-4,6,11H2,1-2H3,(H,13,14);2*1H. The van der Waals surface area contributed by atoms with Crippen molar-refractivity contribution in [3.63, 3.8) is 0 Å². The highest BCUT2D eigenvalue weighted by Gasteiger charge is 2.17. The smallest absolute Gasteiger partial charge is 0.220 e. The molecule has 0 atom stereocenters. The number of aromatic nitrogens is 1. The molecule has 7 heteroatoms. The van der Waals surface area contributed by atoms with Crippen molar-refractivity contribution in [3.8, 4) is 0 Å². The average molecular weight is 300 g/mol. The summed E-state index contributed by atoms with van der Waals surface area (Å²) < 4.78 is 0. The molecule has 0 spiro atoms. The molecule has 1 aromatic rings. The van der Waals surface area contributed by atoms with Gasteiger partial charge >= 0.3 is 0 Å². The molecule has 0 aliphatic heterocycles. The molecule has 0 bridgehead atoms. The number of carbonyl (C=O) groups is 1. The summed E-state index contributed by atoms with van der Waals surface area (Å²) in [6.45, 7) is 4.26. The fourth-order valence-corrected chi connectivity index (χ4v) is 1.69. The Balaban J connectivity index is 0. The number of carbonyl (C=O) groups excluding carboxylic acids is 1. The van der Waals surface area contributed by atoms with Crippen LogP contribution in [0.1, 0.15) is 26.0 Å². The molecule has 4 nitrogen and oxygen atoms in total. The van der Waals surface area contributed by atoms with E-state index in [9.17, 15) is 4.79 Å². The van der Waals surface area contributed by atoms with Crippen LogP contribution in [0.25, 0.3) is 0 Å². The first kappa shape index (κ1) is 19.0. The Kier molecular flexibility index (Phi) is 9.71. The molecule has 0 fully saturated rings. The van der Waals surface area contributed by atoms with Gasteiger partial charge in [0.2, 0.25) is 5.91 Å². The van der Waals surface area contributed by atoms with Gasteiger partial charge in [-0.3, -0.25) is 4.79 Å². The van der Waals surface area contributed by atoms with E-state index in [1.54, 1.807) is 16.8 Å². The molecule has 0 aliphatic carbocycles. The molecule has 3 N–H and O–H groups in total. The number of hydrogen-bond acceptors (Lipinski definition) is 4. The van der Waals surface area contributed by atoms with Crippen molar-refractivity contribution in [2.75, 3.05) is 6.54 Å². The molecular formula is C10H19Cl2N3OS. The second kappa shape index (κ2) is 8.69. The quantitative estimate of drug-likeness (QED) is 0.871. The number of nitrogens with one attached hydrogen (secondary N) is 1. The second-order valence-electron chi connectivity index (χ2n) is 4.12. The summed E-state index contributed by atoms with van der Waals surface area (Å²) in [4.78, 5) is 15.6. The first-order valence-corrected chi connectivity index (χ1v) is 5.86. The third kappa shape index (κ3) is 7.54. The van der Waals surface area contributed by atoms with E-state index in [4.69, 9.17) is 5.73 Å². The van der Waals surface area contributed by atoms with E-state index < -0.39 is 0 Å². The van der Waals surface area contributed by atoms with Gasteiger partial charge in [-0.1, -0.05) is 0 Å². The SMILES string of the molecule is CC(C)(CN)NC(=O)CCc1cscn1.Cl.Cl. The highest BCUT2D eigenvalue weighted by molar-refractivity contribution is 7.07. The van der Waals surface area contributed by atoms with Crippen LogP contribution in [-0.2, 0) is 11.2 Å². The van der Waals surface area contributed by atoms with Crippen molar-refractivity contribution in [2.45, 2.75) is 32.2 Å². The number of rotatable bonds is 5. The van der Waals surface area contributed by atoms with Gasteiger partial charge in [0.1, 0.15) is 0 Å². The Bertz CT molecular complexity index is 317. The summed E-state index contributed by atoms with van der Waals surface area (Å²) in [5.41, 5.74) is 7.95. The van der Waals surface area contributed by atoms with Gasteiger partial charge in [0.25, 0.3) is 0 Å². The van der Waals surface area contributed by atoms with Gasteiger partial charge in [-0.05, 0) is 20.3 Å². The first-order chi connectivity index (χ1) is 7.03. The Labute approximate surface area is 118 Å². The monoisotopic (exact) mass is 299 g/mol. The normalized spacial score (nSPS) is 10.1. The zero-order valence-corrected chi connectivity index (χ0v) is 12.4. The lowest BCUT2D eigenvalue weighted by Crippen LogP contribution is -2.48. The minimum Gasteiger partial charge on any atom is -0.350 e. The van der Waals surface area contributed by atoms with E-state index in [-0.39, 0.29) is 36.3 Å². The molecule has 0 radical (unpaired) electrons. The van der Waals surface area contributed by atoms with Gasteiger partial charge in [-0.25, -0.2) is 4.98 Å². The Hall–Kier alpha value is -0.360. The molecule has 17 heavy (non-hydrogen) atoms. The third-order valence-corrected chi connectivity index (χ3v) is 2.72. The van der Waals surface area contributed by atoms with Crippen molar-refractivity contribution in [1.29, 1.82) is 0 Å². The maximum Gasteiger partial charge on any atom is 0.220 e. The second-order valence-corrected chi connectivity index (χ2v) is 4.83. The number of nitrogens with zero attached hydrogens (tertiary/aromatic N) is 1. The molecule has 1 rings (SSSR count). The van der Waals surface area contributed by atoms with Gasteiger partial charge in [0, 0.05) is 23.9 Å². The first-order valence-electron chi connectivity index (χ1n) is 4.91. The number of thiazole rings is 1. The number of hydrogen-bond donors (Lipinski definition) is 2. The van der Waals surface area contributed by atoms with Crippen LogP contribution in [0.15, 0.2) is 10.9 Å². The van der Waals surface area contributed by atoms with Crippen molar-refractivity contribution < 1.29 is 4.79 Å². The number of nitrogens with two attached hydrogens (primary N) is 1. The van der Waals surface area contributed by atoms with Gasteiger partial charge in [-0.15, -0.1) is 36.2 Å². The summed E-state index contributed by atoms with van der Waals surface area (Å²) in [6.07, 6.45) is 1.16. The number of aryl methyl sites for hydroxylation is 1. The molecular weight excluding hydrogens is 281 g/mol. The molecule has 100 valence electrons. The summed E-state index contributed by atoms with van der Waals surface area (Å²) in [5.74, 6) is 0.0263. The molecule has 0 unspecified atom stereocenters. The van der Waals surface area contributed by atoms with Crippen LogP contribution in [-0.4, -0.2) is 23.0 Å². The zero-order chi connectivity index (χ0) is 11.3. The van der Waals surface area contributed by atoms with Crippen LogP contribution >= 0.6 is 36.2 Å². The lowest BCUT2D eigenvalue weighted by atomic mass is 10.1. The van der Waals surface area contributed by atoms with E-state index in [2.05, 4.69) is 10.3 Å². The van der Waals surface area contributed by atoms with E-state index in [0.717, 1.165) is 5.69 Å². The molecule has 0 saturated carbocycles. The van der Waals surface area contributed by atoms with Crippen molar-refractivity contribution in [2.24, 2.45) is 5.73 Å². The fourth-order valence-electron chi connectivity index (χ4n) is 1.09. The molecule has 0 saturated heterocycles. The van der Waals surface area contributed by atoms with Crippen molar-refractivity contribution in [1.82, 2.24) is 10.3 Å². The lowest BCUT2D eigenvalue weighted by molar-refractivity contribution is -0.122. The summed E-state index contributed by atoms with van der Waals surface area (Å²) in [5, 5.41) is 4.84. The van der Waals surface area contributed by atoms with Crippen LogP contribution in [0, 0.1) is 0 Å². The minimum absolute atomic E-state index is 0. The van der Waals surface area contributed by atoms with Crippen molar-refractivity contribution >= 4 is 42.1 Å². The van der Waals surface area contributed by atoms with Gasteiger partial charge in [-0.2, -0.15) is 0 Å². The topological polar surface area (TPSA) is 68.0 Å². The van der Waals surface area contributed by atoms with E-state index in [1.807, 2.05) is 19.2 Å². The summed E-state index contributed by atoms with van der Waals surface area (Å²) in [7, 11) is 0. The van der Waals surface area contributed by atoms with Crippen LogP contribution < -0.4 is 11.1 Å². The van der Waals surface area contributed by atoms with E-state index >= 15 is 0 Å². The molecule has 1 heterocycles. The maximum absolute atomic E-state index is 11.5. The fraction of sp³-hybridized carbons (Fsp3) is 0.600. The number of amides is 1. The third-order valence-electron chi connectivity index (χ3n) is 2.08. The average Bonchev–Trinajstić information content (AvgIpc) is 2.66. The predicted molar refractivity (Wildman–Crippen MR) is 76.2 cm³/mol.